The predicted molar refractivity (Wildman–Crippen MR) is 77.2 cm³/mol. The van der Waals surface area contributed by atoms with Gasteiger partial charge in [-0.25, -0.2) is 19.6 Å². The lowest BCUT2D eigenvalue weighted by Gasteiger charge is -2.33. The molecule has 7 heteroatoms. The SMILES string of the molecule is CC1(C)N=C2N(C(=O)CCl)c3ccccc3N2C(=O)N1. The van der Waals surface area contributed by atoms with Gasteiger partial charge in [-0.15, -0.1) is 11.6 Å². The molecule has 1 N–H and O–H groups in total. The van der Waals surface area contributed by atoms with E-state index in [1.807, 2.05) is 0 Å². The number of carbonyl (C=O) groups is 2. The Hall–Kier alpha value is -2.08. The van der Waals surface area contributed by atoms with E-state index in [0.717, 1.165) is 0 Å². The first-order valence-electron chi connectivity index (χ1n) is 6.15. The van der Waals surface area contributed by atoms with Crippen LogP contribution in [0.15, 0.2) is 29.3 Å². The molecule has 3 rings (SSSR count). The molecule has 0 aliphatic carbocycles. The molecule has 6 nitrogen and oxygen atoms in total. The minimum Gasteiger partial charge on any atom is -0.313 e. The minimum atomic E-state index is -0.768. The average molecular weight is 293 g/mol. The number of rotatable bonds is 1. The van der Waals surface area contributed by atoms with Crippen molar-refractivity contribution >= 4 is 40.9 Å². The molecule has 0 atom stereocenters. The summed E-state index contributed by atoms with van der Waals surface area (Å²) in [6.45, 7) is 3.53. The van der Waals surface area contributed by atoms with Crippen LogP contribution in [0.25, 0.3) is 0 Å². The van der Waals surface area contributed by atoms with Gasteiger partial charge in [0.2, 0.25) is 11.9 Å². The number of guanidine groups is 1. The van der Waals surface area contributed by atoms with Crippen molar-refractivity contribution in [3.63, 3.8) is 0 Å². The number of carbonyl (C=O) groups excluding carboxylic acids is 2. The molecule has 0 fully saturated rings. The summed E-state index contributed by atoms with van der Waals surface area (Å²) in [6, 6.07) is 6.83. The second-order valence-electron chi connectivity index (χ2n) is 5.09. The van der Waals surface area contributed by atoms with Gasteiger partial charge in [-0.05, 0) is 26.0 Å². The third-order valence-electron chi connectivity index (χ3n) is 3.12. The summed E-state index contributed by atoms with van der Waals surface area (Å²) >= 11 is 5.67. The summed E-state index contributed by atoms with van der Waals surface area (Å²) in [5.41, 5.74) is 0.470. The second kappa shape index (κ2) is 4.21. The number of hydrogen-bond acceptors (Lipinski definition) is 3. The van der Waals surface area contributed by atoms with Gasteiger partial charge >= 0.3 is 6.03 Å². The molecule has 0 saturated heterocycles. The van der Waals surface area contributed by atoms with Crippen molar-refractivity contribution in [1.82, 2.24) is 5.32 Å². The van der Waals surface area contributed by atoms with Gasteiger partial charge in [0.25, 0.3) is 0 Å². The molecule has 0 saturated carbocycles. The van der Waals surface area contributed by atoms with Crippen LogP contribution < -0.4 is 15.1 Å². The number of alkyl halides is 1. The molecule has 0 unspecified atom stereocenters. The molecule has 2 aliphatic rings. The summed E-state index contributed by atoms with van der Waals surface area (Å²) < 4.78 is 0. The van der Waals surface area contributed by atoms with Crippen molar-refractivity contribution < 1.29 is 9.59 Å². The standard InChI is InChI=1S/C13H13ClN4O2/c1-13(2)15-11-17(10(19)7-14)8-5-3-4-6-9(8)18(11)12(20)16-13/h3-6H,7H2,1-2H3,(H,16,20). The molecule has 0 spiro atoms. The van der Waals surface area contributed by atoms with Crippen molar-refractivity contribution in [2.45, 2.75) is 19.5 Å². The normalized spacial score (nSPS) is 19.1. The first-order valence-corrected chi connectivity index (χ1v) is 6.68. The Bertz CT molecular complexity index is 641. The van der Waals surface area contributed by atoms with Gasteiger partial charge in [-0.2, -0.15) is 0 Å². The molecular formula is C13H13ClN4O2. The van der Waals surface area contributed by atoms with E-state index < -0.39 is 5.66 Å². The maximum absolute atomic E-state index is 12.3. The molecule has 1 aromatic rings. The Morgan fingerprint density at radius 3 is 2.65 bits per heavy atom. The number of aliphatic imine (C=N–C) groups is 1. The maximum atomic E-state index is 12.3. The van der Waals surface area contributed by atoms with Gasteiger partial charge in [0.05, 0.1) is 11.4 Å². The fourth-order valence-electron chi connectivity index (χ4n) is 2.36. The molecule has 0 aromatic heterocycles. The maximum Gasteiger partial charge on any atom is 0.330 e. The van der Waals surface area contributed by atoms with E-state index in [-0.39, 0.29) is 17.8 Å². The van der Waals surface area contributed by atoms with Gasteiger partial charge in [0.1, 0.15) is 11.5 Å². The fourth-order valence-corrected chi connectivity index (χ4v) is 2.48. The van der Waals surface area contributed by atoms with E-state index >= 15 is 0 Å². The van der Waals surface area contributed by atoms with Crippen molar-refractivity contribution in [3.8, 4) is 0 Å². The highest BCUT2D eigenvalue weighted by Crippen LogP contribution is 2.39. The first-order chi connectivity index (χ1) is 9.44. The van der Waals surface area contributed by atoms with E-state index in [1.165, 1.54) is 9.80 Å². The summed E-state index contributed by atoms with van der Waals surface area (Å²) in [5, 5.41) is 2.77. The van der Waals surface area contributed by atoms with Crippen molar-refractivity contribution in [2.24, 2.45) is 4.99 Å². The van der Waals surface area contributed by atoms with E-state index in [4.69, 9.17) is 11.6 Å². The highest BCUT2D eigenvalue weighted by atomic mass is 35.5. The lowest BCUT2D eigenvalue weighted by Crippen LogP contribution is -2.59. The summed E-state index contributed by atoms with van der Waals surface area (Å²) in [6.07, 6.45) is 0. The van der Waals surface area contributed by atoms with Crippen LogP contribution >= 0.6 is 11.6 Å². The van der Waals surface area contributed by atoms with Gasteiger partial charge < -0.3 is 5.32 Å². The molecule has 20 heavy (non-hydrogen) atoms. The predicted octanol–water partition coefficient (Wildman–Crippen LogP) is 1.89. The minimum absolute atomic E-state index is 0.177. The average Bonchev–Trinajstić information content (AvgIpc) is 2.70. The Kier molecular flexibility index (Phi) is 2.72. The monoisotopic (exact) mass is 292 g/mol. The Morgan fingerprint density at radius 1 is 1.35 bits per heavy atom. The smallest absolute Gasteiger partial charge is 0.313 e. The van der Waals surface area contributed by atoms with Crippen molar-refractivity contribution in [2.75, 3.05) is 15.7 Å². The number of halogens is 1. The number of anilines is 2. The largest absolute Gasteiger partial charge is 0.330 e. The van der Waals surface area contributed by atoms with Crippen LogP contribution in [0.4, 0.5) is 16.2 Å². The number of hydrogen-bond donors (Lipinski definition) is 1. The van der Waals surface area contributed by atoms with Gasteiger partial charge in [-0.3, -0.25) is 4.79 Å². The summed E-state index contributed by atoms with van der Waals surface area (Å²) in [5.74, 6) is -0.194. The van der Waals surface area contributed by atoms with Crippen molar-refractivity contribution in [3.05, 3.63) is 24.3 Å². The van der Waals surface area contributed by atoms with Crippen LogP contribution in [0, 0.1) is 0 Å². The molecule has 2 aliphatic heterocycles. The molecular weight excluding hydrogens is 280 g/mol. The zero-order chi connectivity index (χ0) is 14.5. The van der Waals surface area contributed by atoms with Crippen LogP contribution in [-0.2, 0) is 4.79 Å². The quantitative estimate of drug-likeness (QED) is 0.803. The number of urea groups is 1. The third kappa shape index (κ3) is 1.76. The van der Waals surface area contributed by atoms with E-state index in [9.17, 15) is 9.59 Å². The van der Waals surface area contributed by atoms with Gasteiger partial charge in [0, 0.05) is 0 Å². The van der Waals surface area contributed by atoms with Gasteiger partial charge in [0.15, 0.2) is 0 Å². The van der Waals surface area contributed by atoms with E-state index in [0.29, 0.717) is 17.3 Å². The number of amides is 3. The molecule has 0 radical (unpaired) electrons. The number of benzene rings is 1. The van der Waals surface area contributed by atoms with Crippen LogP contribution in [-0.4, -0.2) is 29.4 Å². The first kappa shape index (κ1) is 12.9. The molecule has 2 heterocycles. The van der Waals surface area contributed by atoms with Crippen molar-refractivity contribution in [1.29, 1.82) is 0 Å². The zero-order valence-corrected chi connectivity index (χ0v) is 11.8. The molecule has 3 amide bonds. The number of para-hydroxylation sites is 2. The topological polar surface area (TPSA) is 65.0 Å². The highest BCUT2D eigenvalue weighted by Gasteiger charge is 2.44. The van der Waals surface area contributed by atoms with Crippen LogP contribution in [0.1, 0.15) is 13.8 Å². The number of nitrogens with zero attached hydrogens (tertiary/aromatic N) is 3. The van der Waals surface area contributed by atoms with Crippen LogP contribution in [0.3, 0.4) is 0 Å². The second-order valence-corrected chi connectivity index (χ2v) is 5.36. The molecule has 0 bridgehead atoms. The Labute approximate surface area is 121 Å². The van der Waals surface area contributed by atoms with E-state index in [1.54, 1.807) is 38.1 Å². The Morgan fingerprint density at radius 2 is 2.00 bits per heavy atom. The zero-order valence-electron chi connectivity index (χ0n) is 11.1. The van der Waals surface area contributed by atoms with E-state index in [2.05, 4.69) is 10.3 Å². The third-order valence-corrected chi connectivity index (χ3v) is 3.35. The molecule has 1 aromatic carbocycles. The lowest BCUT2D eigenvalue weighted by atomic mass is 10.2. The van der Waals surface area contributed by atoms with Gasteiger partial charge in [-0.1, -0.05) is 12.1 Å². The fraction of sp³-hybridized carbons (Fsp3) is 0.308. The number of fused-ring (bicyclic) bond motifs is 3. The lowest BCUT2D eigenvalue weighted by molar-refractivity contribution is -0.115. The van der Waals surface area contributed by atoms with Crippen LogP contribution in [0.2, 0.25) is 0 Å². The molecule has 104 valence electrons. The van der Waals surface area contributed by atoms with Crippen LogP contribution in [0.5, 0.6) is 0 Å². The summed E-state index contributed by atoms with van der Waals surface area (Å²) in [4.78, 5) is 31.6. The highest BCUT2D eigenvalue weighted by molar-refractivity contribution is 6.40. The Balaban J connectivity index is 2.22. The summed E-state index contributed by atoms with van der Waals surface area (Å²) in [7, 11) is 0. The number of nitrogens with one attached hydrogen (secondary N) is 1.